The van der Waals surface area contributed by atoms with Crippen LogP contribution in [0.1, 0.15) is 30.2 Å². The fraction of sp³-hybridized carbons (Fsp3) is 0.474. The molecule has 0 bridgehead atoms. The number of rotatable bonds is 4. The van der Waals surface area contributed by atoms with Gasteiger partial charge >= 0.3 is 0 Å². The van der Waals surface area contributed by atoms with Crippen molar-refractivity contribution in [1.29, 1.82) is 0 Å². The first-order valence-electron chi connectivity index (χ1n) is 8.83. The molecule has 1 aliphatic heterocycles. The second-order valence-electron chi connectivity index (χ2n) is 6.93. The Morgan fingerprint density at radius 1 is 1.17 bits per heavy atom. The summed E-state index contributed by atoms with van der Waals surface area (Å²) in [5, 5.41) is 0. The van der Waals surface area contributed by atoms with Gasteiger partial charge < -0.3 is 8.97 Å². The summed E-state index contributed by atoms with van der Waals surface area (Å²) in [6.45, 7) is 8.50. The van der Waals surface area contributed by atoms with Crippen LogP contribution in [0.2, 0.25) is 0 Å². The molecule has 3 aromatic heterocycles. The summed E-state index contributed by atoms with van der Waals surface area (Å²) in [7, 11) is 0. The van der Waals surface area contributed by atoms with Gasteiger partial charge in [0.1, 0.15) is 11.6 Å². The Hall–Kier alpha value is -2.14. The van der Waals surface area contributed by atoms with E-state index in [-0.39, 0.29) is 0 Å². The van der Waals surface area contributed by atoms with Gasteiger partial charge in [0.2, 0.25) is 0 Å². The first kappa shape index (κ1) is 15.4. The zero-order chi connectivity index (χ0) is 16.5. The SMILES string of the molecule is Cc1nccn1CC1CCCN(Cc2nc(C)n3ccccc23)C1. The van der Waals surface area contributed by atoms with E-state index in [0.717, 1.165) is 31.3 Å². The lowest BCUT2D eigenvalue weighted by Gasteiger charge is -2.32. The summed E-state index contributed by atoms with van der Waals surface area (Å²) < 4.78 is 4.47. The normalized spacial score (nSPS) is 19.2. The Morgan fingerprint density at radius 3 is 2.92 bits per heavy atom. The molecule has 4 heterocycles. The lowest BCUT2D eigenvalue weighted by atomic mass is 9.97. The first-order chi connectivity index (χ1) is 11.7. The fourth-order valence-corrected chi connectivity index (χ4v) is 3.91. The van der Waals surface area contributed by atoms with Crippen molar-refractivity contribution in [1.82, 2.24) is 23.8 Å². The molecule has 1 aliphatic rings. The van der Waals surface area contributed by atoms with Crippen LogP contribution in [0.25, 0.3) is 5.52 Å². The van der Waals surface area contributed by atoms with E-state index in [9.17, 15) is 0 Å². The number of fused-ring (bicyclic) bond motifs is 1. The zero-order valence-electron chi connectivity index (χ0n) is 14.5. The predicted molar refractivity (Wildman–Crippen MR) is 94.9 cm³/mol. The number of piperidine rings is 1. The molecule has 0 amide bonds. The Bertz CT molecular complexity index is 831. The van der Waals surface area contributed by atoms with Crippen molar-refractivity contribution in [2.75, 3.05) is 13.1 Å². The molecule has 5 nitrogen and oxygen atoms in total. The van der Waals surface area contributed by atoms with Crippen LogP contribution in [0.4, 0.5) is 0 Å². The van der Waals surface area contributed by atoms with Crippen molar-refractivity contribution in [2.45, 2.75) is 39.8 Å². The van der Waals surface area contributed by atoms with Gasteiger partial charge in [0.05, 0.1) is 11.2 Å². The van der Waals surface area contributed by atoms with E-state index in [0.29, 0.717) is 5.92 Å². The minimum atomic E-state index is 0.696. The van der Waals surface area contributed by atoms with E-state index < -0.39 is 0 Å². The Kier molecular flexibility index (Phi) is 4.10. The molecule has 1 saturated heterocycles. The summed E-state index contributed by atoms with van der Waals surface area (Å²) in [6, 6.07) is 6.34. The number of aryl methyl sites for hydroxylation is 2. The molecular formula is C19H25N5. The Balaban J connectivity index is 1.47. The van der Waals surface area contributed by atoms with Crippen LogP contribution in [0, 0.1) is 19.8 Å². The highest BCUT2D eigenvalue weighted by molar-refractivity contribution is 5.53. The third-order valence-corrected chi connectivity index (χ3v) is 5.16. The van der Waals surface area contributed by atoms with Crippen molar-refractivity contribution in [3.8, 4) is 0 Å². The van der Waals surface area contributed by atoms with Crippen molar-refractivity contribution in [2.24, 2.45) is 5.92 Å². The average molecular weight is 323 g/mol. The number of pyridine rings is 1. The summed E-state index contributed by atoms with van der Waals surface area (Å²) in [4.78, 5) is 11.7. The van der Waals surface area contributed by atoms with Gasteiger partial charge in [0, 0.05) is 38.2 Å². The smallest absolute Gasteiger partial charge is 0.110 e. The number of hydrogen-bond donors (Lipinski definition) is 0. The molecular weight excluding hydrogens is 298 g/mol. The maximum Gasteiger partial charge on any atom is 0.110 e. The van der Waals surface area contributed by atoms with E-state index in [4.69, 9.17) is 4.98 Å². The molecule has 5 heteroatoms. The van der Waals surface area contributed by atoms with Crippen LogP contribution in [-0.4, -0.2) is 36.9 Å². The number of hydrogen-bond acceptors (Lipinski definition) is 3. The van der Waals surface area contributed by atoms with Gasteiger partial charge in [0.15, 0.2) is 0 Å². The van der Waals surface area contributed by atoms with Gasteiger partial charge in [-0.25, -0.2) is 9.97 Å². The molecule has 0 aromatic carbocycles. The van der Waals surface area contributed by atoms with Gasteiger partial charge in [-0.3, -0.25) is 4.90 Å². The van der Waals surface area contributed by atoms with Crippen molar-refractivity contribution in [3.63, 3.8) is 0 Å². The zero-order valence-corrected chi connectivity index (χ0v) is 14.5. The molecule has 1 atom stereocenters. The topological polar surface area (TPSA) is 38.4 Å². The van der Waals surface area contributed by atoms with Crippen molar-refractivity contribution in [3.05, 3.63) is 54.1 Å². The third kappa shape index (κ3) is 2.96. The Morgan fingerprint density at radius 2 is 2.08 bits per heavy atom. The summed E-state index contributed by atoms with van der Waals surface area (Å²) in [5.41, 5.74) is 2.44. The Labute approximate surface area is 143 Å². The van der Waals surface area contributed by atoms with Gasteiger partial charge in [-0.2, -0.15) is 0 Å². The fourth-order valence-electron chi connectivity index (χ4n) is 3.91. The van der Waals surface area contributed by atoms with Gasteiger partial charge in [-0.1, -0.05) is 6.07 Å². The molecule has 4 rings (SSSR count). The molecule has 0 saturated carbocycles. The largest absolute Gasteiger partial charge is 0.335 e. The monoisotopic (exact) mass is 323 g/mol. The maximum absolute atomic E-state index is 4.80. The van der Waals surface area contributed by atoms with Gasteiger partial charge in [-0.15, -0.1) is 0 Å². The summed E-state index contributed by atoms with van der Waals surface area (Å²) in [5.74, 6) is 2.88. The van der Waals surface area contributed by atoms with Gasteiger partial charge in [0.25, 0.3) is 0 Å². The maximum atomic E-state index is 4.80. The van der Waals surface area contributed by atoms with Crippen LogP contribution in [0.15, 0.2) is 36.8 Å². The first-order valence-corrected chi connectivity index (χ1v) is 8.83. The van der Waals surface area contributed by atoms with E-state index in [1.165, 1.54) is 30.6 Å². The summed E-state index contributed by atoms with van der Waals surface area (Å²) >= 11 is 0. The van der Waals surface area contributed by atoms with E-state index in [2.05, 4.69) is 63.3 Å². The molecule has 126 valence electrons. The molecule has 1 unspecified atom stereocenters. The molecule has 0 aliphatic carbocycles. The molecule has 1 fully saturated rings. The van der Waals surface area contributed by atoms with Crippen LogP contribution in [-0.2, 0) is 13.1 Å². The van der Waals surface area contributed by atoms with E-state index in [1.54, 1.807) is 0 Å². The second kappa shape index (κ2) is 6.40. The highest BCUT2D eigenvalue weighted by atomic mass is 15.2. The quantitative estimate of drug-likeness (QED) is 0.741. The second-order valence-corrected chi connectivity index (χ2v) is 6.93. The number of likely N-dealkylation sites (tertiary alicyclic amines) is 1. The minimum Gasteiger partial charge on any atom is -0.335 e. The average Bonchev–Trinajstić information content (AvgIpc) is 3.13. The molecule has 0 radical (unpaired) electrons. The highest BCUT2D eigenvalue weighted by Crippen LogP contribution is 2.22. The van der Waals surface area contributed by atoms with E-state index in [1.807, 2.05) is 6.20 Å². The predicted octanol–water partition coefficient (Wildman–Crippen LogP) is 3.06. The molecule has 24 heavy (non-hydrogen) atoms. The lowest BCUT2D eigenvalue weighted by molar-refractivity contribution is 0.154. The summed E-state index contributed by atoms with van der Waals surface area (Å²) in [6.07, 6.45) is 8.67. The molecule has 0 spiro atoms. The number of aromatic nitrogens is 4. The van der Waals surface area contributed by atoms with Crippen LogP contribution in [0.3, 0.4) is 0 Å². The minimum absolute atomic E-state index is 0.696. The van der Waals surface area contributed by atoms with Crippen molar-refractivity contribution < 1.29 is 0 Å². The van der Waals surface area contributed by atoms with E-state index >= 15 is 0 Å². The number of imidazole rings is 2. The third-order valence-electron chi connectivity index (χ3n) is 5.16. The van der Waals surface area contributed by atoms with Crippen molar-refractivity contribution >= 4 is 5.52 Å². The van der Waals surface area contributed by atoms with Crippen LogP contribution >= 0.6 is 0 Å². The highest BCUT2D eigenvalue weighted by Gasteiger charge is 2.22. The van der Waals surface area contributed by atoms with Gasteiger partial charge in [-0.05, 0) is 51.3 Å². The molecule has 0 N–H and O–H groups in total. The molecule has 3 aromatic rings. The standard InChI is InChI=1S/C19H25N5/c1-15-20-8-11-23(15)13-17-6-5-9-22(12-17)14-18-19-7-3-4-10-24(19)16(2)21-18/h3-4,7-8,10-11,17H,5-6,9,12-14H2,1-2H3. The van der Waals surface area contributed by atoms with Crippen LogP contribution < -0.4 is 0 Å². The number of nitrogens with zero attached hydrogens (tertiary/aromatic N) is 5. The lowest BCUT2D eigenvalue weighted by Crippen LogP contribution is -2.36. The van der Waals surface area contributed by atoms with Crippen LogP contribution in [0.5, 0.6) is 0 Å².